The Balaban J connectivity index is 1.36. The smallest absolute Gasteiger partial charge is 0.351 e. The van der Waals surface area contributed by atoms with Crippen molar-refractivity contribution in [3.8, 4) is 0 Å². The number of nitrogens with zero attached hydrogens (tertiary/aromatic N) is 4. The van der Waals surface area contributed by atoms with E-state index in [9.17, 15) is 18.0 Å². The van der Waals surface area contributed by atoms with Gasteiger partial charge >= 0.3 is 6.18 Å². The summed E-state index contributed by atoms with van der Waals surface area (Å²) in [4.78, 5) is 19.5. The number of amides is 1. The number of aryl methyl sites for hydroxylation is 1. The second-order valence-electron chi connectivity index (χ2n) is 9.26. The zero-order valence-corrected chi connectivity index (χ0v) is 20.3. The Kier molecular flexibility index (Phi) is 6.21. The molecule has 0 spiro atoms. The molecule has 0 atom stereocenters. The molecule has 5 rings (SSSR count). The highest BCUT2D eigenvalue weighted by Gasteiger charge is 2.33. The lowest BCUT2D eigenvalue weighted by molar-refractivity contribution is -0.138. The topological polar surface area (TPSA) is 50.5 Å². The van der Waals surface area contributed by atoms with E-state index < -0.39 is 11.7 Å². The lowest BCUT2D eigenvalue weighted by Gasteiger charge is -2.30. The van der Waals surface area contributed by atoms with E-state index in [1.165, 1.54) is 23.9 Å². The molecular formula is C26H25F3N4OS. The number of alkyl halides is 3. The molecule has 35 heavy (non-hydrogen) atoms. The van der Waals surface area contributed by atoms with Gasteiger partial charge in [-0.3, -0.25) is 9.48 Å². The maximum Gasteiger partial charge on any atom is 0.416 e. The number of aliphatic imine (C=N–C) groups is 1. The molecule has 1 amide bonds. The van der Waals surface area contributed by atoms with Crippen LogP contribution in [0.2, 0.25) is 0 Å². The fraction of sp³-hybridized carbons (Fsp3) is 0.346. The molecule has 2 aliphatic rings. The lowest BCUT2D eigenvalue weighted by atomic mass is 10.00. The van der Waals surface area contributed by atoms with E-state index in [-0.39, 0.29) is 18.0 Å². The van der Waals surface area contributed by atoms with Gasteiger partial charge in [-0.05, 0) is 72.8 Å². The first kappa shape index (κ1) is 23.7. The van der Waals surface area contributed by atoms with Crippen LogP contribution in [-0.4, -0.2) is 38.8 Å². The fourth-order valence-corrected chi connectivity index (χ4v) is 5.42. The summed E-state index contributed by atoms with van der Waals surface area (Å²) in [7, 11) is 0. The molecule has 0 unspecified atom stereocenters. The summed E-state index contributed by atoms with van der Waals surface area (Å²) in [5.41, 5.74) is 1.64. The van der Waals surface area contributed by atoms with Gasteiger partial charge in [0.15, 0.2) is 5.17 Å². The highest BCUT2D eigenvalue weighted by molar-refractivity contribution is 8.18. The zero-order chi connectivity index (χ0) is 24.7. The van der Waals surface area contributed by atoms with Crippen LogP contribution in [0.3, 0.4) is 0 Å². The van der Waals surface area contributed by atoms with Crippen molar-refractivity contribution in [2.75, 3.05) is 13.1 Å². The number of halogens is 3. The molecule has 2 aromatic carbocycles. The van der Waals surface area contributed by atoms with Crippen molar-refractivity contribution < 1.29 is 18.0 Å². The van der Waals surface area contributed by atoms with Gasteiger partial charge in [0.25, 0.3) is 5.91 Å². The second-order valence-corrected chi connectivity index (χ2v) is 10.3. The Morgan fingerprint density at radius 2 is 1.91 bits per heavy atom. The van der Waals surface area contributed by atoms with Crippen molar-refractivity contribution in [3.63, 3.8) is 0 Å². The zero-order valence-electron chi connectivity index (χ0n) is 19.5. The number of likely N-dealkylation sites (tertiary alicyclic amines) is 1. The largest absolute Gasteiger partial charge is 0.416 e. The van der Waals surface area contributed by atoms with Gasteiger partial charge < -0.3 is 4.90 Å². The first-order valence-electron chi connectivity index (χ1n) is 11.6. The Labute approximate surface area is 205 Å². The molecule has 1 saturated heterocycles. The predicted molar refractivity (Wildman–Crippen MR) is 133 cm³/mol. The maximum atomic E-state index is 13.5. The van der Waals surface area contributed by atoms with E-state index in [0.717, 1.165) is 47.6 Å². The molecule has 3 aromatic rings. The Morgan fingerprint density at radius 1 is 1.14 bits per heavy atom. The van der Waals surface area contributed by atoms with E-state index >= 15 is 0 Å². The van der Waals surface area contributed by atoms with Crippen LogP contribution in [0.1, 0.15) is 42.0 Å². The van der Waals surface area contributed by atoms with Crippen LogP contribution < -0.4 is 0 Å². The Hall–Kier alpha value is -3.07. The van der Waals surface area contributed by atoms with E-state index in [4.69, 9.17) is 0 Å². The minimum absolute atomic E-state index is 0.0129. The van der Waals surface area contributed by atoms with Gasteiger partial charge in [0.05, 0.1) is 28.7 Å². The van der Waals surface area contributed by atoms with Crippen molar-refractivity contribution in [3.05, 3.63) is 69.8 Å². The fourth-order valence-electron chi connectivity index (χ4n) is 4.46. The Morgan fingerprint density at radius 3 is 2.66 bits per heavy atom. The third-order valence-electron chi connectivity index (χ3n) is 6.52. The number of rotatable bonds is 3. The van der Waals surface area contributed by atoms with E-state index in [2.05, 4.69) is 21.9 Å². The van der Waals surface area contributed by atoms with Gasteiger partial charge in [-0.1, -0.05) is 30.7 Å². The average Bonchev–Trinajstić information content (AvgIpc) is 3.38. The van der Waals surface area contributed by atoms with Crippen LogP contribution in [0.4, 0.5) is 13.2 Å². The Bertz CT molecular complexity index is 1350. The van der Waals surface area contributed by atoms with E-state index in [1.54, 1.807) is 23.9 Å². The molecule has 0 bridgehead atoms. The minimum atomic E-state index is -4.43. The van der Waals surface area contributed by atoms with Crippen molar-refractivity contribution in [2.24, 2.45) is 10.9 Å². The third kappa shape index (κ3) is 5.00. The van der Waals surface area contributed by atoms with Crippen molar-refractivity contribution in [2.45, 2.75) is 39.4 Å². The summed E-state index contributed by atoms with van der Waals surface area (Å²) in [5.74, 6) is 0.459. The quantitative estimate of drug-likeness (QED) is 0.409. The molecule has 1 aromatic heterocycles. The van der Waals surface area contributed by atoms with Crippen molar-refractivity contribution in [1.29, 1.82) is 0 Å². The number of carbonyl (C=O) groups is 1. The summed E-state index contributed by atoms with van der Waals surface area (Å²) in [5, 5.41) is 5.89. The van der Waals surface area contributed by atoms with Gasteiger partial charge in [-0.2, -0.15) is 23.3 Å². The third-order valence-corrected chi connectivity index (χ3v) is 7.56. The number of carbonyl (C=O) groups excluding carboxylic acids is 1. The summed E-state index contributed by atoms with van der Waals surface area (Å²) in [6.45, 7) is 5.73. The predicted octanol–water partition coefficient (Wildman–Crippen LogP) is 6.11. The number of hydrogen-bond acceptors (Lipinski definition) is 4. The van der Waals surface area contributed by atoms with Crippen molar-refractivity contribution >= 4 is 39.8 Å². The SMILES string of the molecule is Cc1ccc(Cn2ncc3cc(/C=C4\SC(N5CCC(C)CC5)=NC4=O)ccc32)c(C(F)(F)F)c1. The van der Waals surface area contributed by atoms with Gasteiger partial charge in [-0.15, -0.1) is 0 Å². The van der Waals surface area contributed by atoms with Crippen LogP contribution in [0.5, 0.6) is 0 Å². The summed E-state index contributed by atoms with van der Waals surface area (Å²) >= 11 is 1.40. The molecule has 0 saturated carbocycles. The first-order chi connectivity index (χ1) is 16.7. The van der Waals surface area contributed by atoms with Crippen LogP contribution in [0.25, 0.3) is 17.0 Å². The molecule has 1 fully saturated rings. The number of thioether (sulfide) groups is 1. The lowest BCUT2D eigenvalue weighted by Crippen LogP contribution is -2.35. The number of amidine groups is 1. The van der Waals surface area contributed by atoms with E-state index in [1.807, 2.05) is 24.3 Å². The van der Waals surface area contributed by atoms with Gasteiger partial charge in [0.2, 0.25) is 0 Å². The van der Waals surface area contributed by atoms with Crippen LogP contribution >= 0.6 is 11.8 Å². The number of fused-ring (bicyclic) bond motifs is 1. The highest BCUT2D eigenvalue weighted by atomic mass is 32.2. The molecule has 2 aliphatic heterocycles. The highest BCUT2D eigenvalue weighted by Crippen LogP contribution is 2.34. The maximum absolute atomic E-state index is 13.5. The first-order valence-corrected chi connectivity index (χ1v) is 12.4. The van der Waals surface area contributed by atoms with Gasteiger partial charge in [-0.25, -0.2) is 0 Å². The molecule has 0 aliphatic carbocycles. The molecule has 9 heteroatoms. The van der Waals surface area contributed by atoms with E-state index in [0.29, 0.717) is 16.4 Å². The standard InChI is InChI=1S/C26H25F3N4OS/c1-16-7-9-32(10-8-16)25-31-24(34)23(35-25)13-18-4-6-22-20(12-18)14-30-33(22)15-19-5-3-17(2)11-21(19)26(27,28)29/h3-6,11-14,16H,7-10,15H2,1-2H3/b23-13-. The number of piperidine rings is 1. The number of aromatic nitrogens is 2. The summed E-state index contributed by atoms with van der Waals surface area (Å²) < 4.78 is 42.2. The molecule has 0 N–H and O–H groups in total. The molecular weight excluding hydrogens is 473 g/mol. The van der Waals surface area contributed by atoms with Crippen LogP contribution in [-0.2, 0) is 17.5 Å². The number of benzene rings is 2. The summed E-state index contributed by atoms with van der Waals surface area (Å²) in [6.07, 6.45) is 1.22. The average molecular weight is 499 g/mol. The second kappa shape index (κ2) is 9.18. The van der Waals surface area contributed by atoms with Gasteiger partial charge in [0.1, 0.15) is 0 Å². The monoisotopic (exact) mass is 498 g/mol. The van der Waals surface area contributed by atoms with Gasteiger partial charge in [0, 0.05) is 18.5 Å². The van der Waals surface area contributed by atoms with Crippen LogP contribution in [0, 0.1) is 12.8 Å². The van der Waals surface area contributed by atoms with Crippen molar-refractivity contribution in [1.82, 2.24) is 14.7 Å². The van der Waals surface area contributed by atoms with Crippen LogP contribution in [0.15, 0.2) is 52.5 Å². The molecule has 0 radical (unpaired) electrons. The molecule has 3 heterocycles. The molecule has 182 valence electrons. The number of hydrogen-bond donors (Lipinski definition) is 0. The molecule has 5 nitrogen and oxygen atoms in total. The minimum Gasteiger partial charge on any atom is -0.351 e. The normalized spacial score (nSPS) is 18.7. The summed E-state index contributed by atoms with van der Waals surface area (Å²) in [6, 6.07) is 9.92.